The number of esters is 2. The topological polar surface area (TPSA) is 130 Å². The molecule has 0 saturated carbocycles. The van der Waals surface area contributed by atoms with Crippen LogP contribution in [0.3, 0.4) is 0 Å². The largest absolute Gasteiger partial charge is 0.455 e. The van der Waals surface area contributed by atoms with Gasteiger partial charge in [0.1, 0.15) is 23.2 Å². The molecule has 0 saturated heterocycles. The van der Waals surface area contributed by atoms with E-state index in [9.17, 15) is 9.59 Å². The Bertz CT molecular complexity index is 1690. The predicted octanol–water partition coefficient (Wildman–Crippen LogP) is 6.45. The molecular weight excluding hydrogens is 544 g/mol. The first-order valence-electron chi connectivity index (χ1n) is 12.3. The number of nitrogens with zero attached hydrogens (tertiary/aromatic N) is 2. The van der Waals surface area contributed by atoms with Crippen molar-refractivity contribution in [3.63, 3.8) is 0 Å². The third-order valence-electron chi connectivity index (χ3n) is 6.15. The molecule has 4 N–H and O–H groups in total. The highest BCUT2D eigenvalue weighted by Crippen LogP contribution is 2.32. The summed E-state index contributed by atoms with van der Waals surface area (Å²) in [6.07, 6.45) is 0. The van der Waals surface area contributed by atoms with Gasteiger partial charge in [-0.2, -0.15) is 0 Å². The minimum absolute atomic E-state index is 0.00518. The molecule has 0 aliphatic carbocycles. The fourth-order valence-corrected chi connectivity index (χ4v) is 6.07. The maximum absolute atomic E-state index is 13.3. The van der Waals surface area contributed by atoms with E-state index < -0.39 is 11.9 Å². The monoisotopic (exact) mass is 566 g/mol. The average Bonchev–Trinajstić information content (AvgIpc) is 3.58. The molecule has 198 valence electrons. The van der Waals surface area contributed by atoms with Crippen molar-refractivity contribution in [1.82, 2.24) is 9.97 Å². The second kappa shape index (κ2) is 10.8. The number of nitrogen functional groups attached to an aromatic ring is 2. The smallest absolute Gasteiger partial charge is 0.339 e. The molecule has 0 atom stereocenters. The molecule has 40 heavy (non-hydrogen) atoms. The molecule has 6 aromatic rings. The number of para-hydroxylation sites is 2. The number of carbonyl (C=O) groups is 2. The number of carbonyl (C=O) groups excluding carboxylic acids is 2. The summed E-state index contributed by atoms with van der Waals surface area (Å²) in [5, 5.41) is 1.35. The van der Waals surface area contributed by atoms with Gasteiger partial charge in [-0.3, -0.25) is 0 Å². The number of ether oxygens (including phenoxy) is 2. The molecule has 10 heteroatoms. The van der Waals surface area contributed by atoms with Crippen molar-refractivity contribution in [3.05, 3.63) is 106 Å². The molecule has 0 aliphatic rings. The van der Waals surface area contributed by atoms with Crippen LogP contribution in [0.2, 0.25) is 0 Å². The van der Waals surface area contributed by atoms with Crippen LogP contribution in [0, 0.1) is 0 Å². The maximum atomic E-state index is 13.3. The highest BCUT2D eigenvalue weighted by Gasteiger charge is 2.22. The molecule has 4 aromatic carbocycles. The standard InChI is InChI=1S/C30H22N4O4S2/c31-17-9-11-19(21(13-17)29(35)37-15-27-33-23-5-1-3-7-25(23)39-27)20-12-10-18(32)14-22(20)30(36)38-16-28-34-24-6-2-4-8-26(24)40-28/h1-14H,15-16,31-32H2. The molecule has 0 radical (unpaired) electrons. The van der Waals surface area contributed by atoms with E-state index in [1.807, 2.05) is 48.5 Å². The van der Waals surface area contributed by atoms with Crippen molar-refractivity contribution in [2.24, 2.45) is 0 Å². The quantitative estimate of drug-likeness (QED) is 0.166. The Hall–Kier alpha value is -4.80. The van der Waals surface area contributed by atoms with E-state index in [4.69, 9.17) is 20.9 Å². The highest BCUT2D eigenvalue weighted by molar-refractivity contribution is 7.18. The number of thiazole rings is 2. The van der Waals surface area contributed by atoms with Gasteiger partial charge >= 0.3 is 11.9 Å². The first kappa shape index (κ1) is 25.5. The summed E-state index contributed by atoms with van der Waals surface area (Å²) in [5.41, 5.74) is 15.9. The number of anilines is 2. The molecule has 0 amide bonds. The highest BCUT2D eigenvalue weighted by atomic mass is 32.1. The molecule has 0 unspecified atom stereocenters. The molecule has 8 nitrogen and oxygen atoms in total. The molecule has 0 spiro atoms. The van der Waals surface area contributed by atoms with Crippen LogP contribution in [0.15, 0.2) is 84.9 Å². The van der Waals surface area contributed by atoms with Gasteiger partial charge in [0.25, 0.3) is 0 Å². The van der Waals surface area contributed by atoms with Crippen molar-refractivity contribution >= 4 is 66.4 Å². The first-order valence-corrected chi connectivity index (χ1v) is 13.9. The van der Waals surface area contributed by atoms with Crippen LogP contribution in [0.25, 0.3) is 31.6 Å². The van der Waals surface area contributed by atoms with Gasteiger partial charge in [0, 0.05) is 11.4 Å². The summed E-state index contributed by atoms with van der Waals surface area (Å²) in [7, 11) is 0. The van der Waals surface area contributed by atoms with E-state index in [0.717, 1.165) is 20.4 Å². The Morgan fingerprint density at radius 3 is 1.48 bits per heavy atom. The van der Waals surface area contributed by atoms with Gasteiger partial charge < -0.3 is 20.9 Å². The summed E-state index contributed by atoms with van der Waals surface area (Å²) in [6.45, 7) is 0.0104. The van der Waals surface area contributed by atoms with E-state index in [1.54, 1.807) is 24.3 Å². The van der Waals surface area contributed by atoms with Crippen molar-refractivity contribution in [2.45, 2.75) is 13.2 Å². The Morgan fingerprint density at radius 2 is 1.05 bits per heavy atom. The molecular formula is C30H22N4O4S2. The zero-order valence-corrected chi connectivity index (χ0v) is 22.6. The van der Waals surface area contributed by atoms with Crippen LogP contribution in [-0.2, 0) is 22.7 Å². The normalized spacial score (nSPS) is 11.1. The number of benzene rings is 4. The number of fused-ring (bicyclic) bond motifs is 2. The lowest BCUT2D eigenvalue weighted by Gasteiger charge is -2.14. The van der Waals surface area contributed by atoms with Crippen LogP contribution in [0.4, 0.5) is 11.4 Å². The van der Waals surface area contributed by atoms with Crippen molar-refractivity contribution in [2.75, 3.05) is 11.5 Å². The first-order chi connectivity index (χ1) is 19.4. The minimum atomic E-state index is -0.591. The van der Waals surface area contributed by atoms with Crippen molar-refractivity contribution < 1.29 is 19.1 Å². The lowest BCUT2D eigenvalue weighted by molar-refractivity contribution is 0.0462. The Kier molecular flexibility index (Phi) is 6.85. The summed E-state index contributed by atoms with van der Waals surface area (Å²) in [6, 6.07) is 25.2. The summed E-state index contributed by atoms with van der Waals surface area (Å²) in [5.74, 6) is -1.18. The fraction of sp³-hybridized carbons (Fsp3) is 0.0667. The SMILES string of the molecule is Nc1ccc(-c2ccc(N)cc2C(=O)OCc2nc3ccccc3s2)c(C(=O)OCc2nc3ccccc3s2)c1. The van der Waals surface area contributed by atoms with Gasteiger partial charge in [0.15, 0.2) is 0 Å². The van der Waals surface area contributed by atoms with Gasteiger partial charge in [-0.15, -0.1) is 22.7 Å². The minimum Gasteiger partial charge on any atom is -0.455 e. The number of hydrogen-bond acceptors (Lipinski definition) is 10. The van der Waals surface area contributed by atoms with Gasteiger partial charge in [-0.25, -0.2) is 19.6 Å². The second-order valence-electron chi connectivity index (χ2n) is 8.91. The van der Waals surface area contributed by atoms with Crippen molar-refractivity contribution in [1.29, 1.82) is 0 Å². The van der Waals surface area contributed by atoms with Crippen LogP contribution >= 0.6 is 22.7 Å². The van der Waals surface area contributed by atoms with Crippen molar-refractivity contribution in [3.8, 4) is 11.1 Å². The molecule has 2 heterocycles. The van der Waals surface area contributed by atoms with Crippen LogP contribution in [0.1, 0.15) is 30.7 Å². The molecule has 0 bridgehead atoms. The van der Waals surface area contributed by atoms with E-state index >= 15 is 0 Å². The molecule has 0 fully saturated rings. The second-order valence-corrected chi connectivity index (χ2v) is 11.1. The molecule has 2 aromatic heterocycles. The van der Waals surface area contributed by atoms with Crippen LogP contribution in [-0.4, -0.2) is 21.9 Å². The lowest BCUT2D eigenvalue weighted by atomic mass is 9.94. The van der Waals surface area contributed by atoms with Gasteiger partial charge in [-0.1, -0.05) is 36.4 Å². The molecule has 6 rings (SSSR count). The molecule has 0 aliphatic heterocycles. The van der Waals surface area contributed by atoms with E-state index in [-0.39, 0.29) is 24.3 Å². The number of hydrogen-bond donors (Lipinski definition) is 2. The summed E-state index contributed by atoms with van der Waals surface area (Å²) >= 11 is 2.92. The van der Waals surface area contributed by atoms with E-state index in [2.05, 4.69) is 9.97 Å². The number of aromatic nitrogens is 2. The van der Waals surface area contributed by atoms with Crippen LogP contribution < -0.4 is 11.5 Å². The Balaban J connectivity index is 1.26. The third kappa shape index (κ3) is 5.22. The zero-order chi connectivity index (χ0) is 27.6. The summed E-state index contributed by atoms with van der Waals surface area (Å²) < 4.78 is 13.3. The Labute approximate surface area is 236 Å². The van der Waals surface area contributed by atoms with E-state index in [1.165, 1.54) is 34.8 Å². The number of nitrogens with two attached hydrogens (primary N) is 2. The van der Waals surface area contributed by atoms with E-state index in [0.29, 0.717) is 32.5 Å². The van der Waals surface area contributed by atoms with Crippen LogP contribution in [0.5, 0.6) is 0 Å². The lowest BCUT2D eigenvalue weighted by Crippen LogP contribution is -2.11. The fourth-order valence-electron chi connectivity index (χ4n) is 4.30. The Morgan fingerprint density at radius 1 is 0.625 bits per heavy atom. The van der Waals surface area contributed by atoms with Gasteiger partial charge in [0.05, 0.1) is 31.6 Å². The predicted molar refractivity (Wildman–Crippen MR) is 158 cm³/mol. The average molecular weight is 567 g/mol. The number of rotatable bonds is 7. The van der Waals surface area contributed by atoms with Gasteiger partial charge in [0.2, 0.25) is 0 Å². The summed E-state index contributed by atoms with van der Waals surface area (Å²) in [4.78, 5) is 35.6. The third-order valence-corrected chi connectivity index (χ3v) is 8.17. The maximum Gasteiger partial charge on any atom is 0.339 e. The zero-order valence-electron chi connectivity index (χ0n) is 21.0. The van der Waals surface area contributed by atoms with Gasteiger partial charge in [-0.05, 0) is 59.7 Å².